The van der Waals surface area contributed by atoms with Crippen LogP contribution in [-0.4, -0.2) is 31.0 Å². The summed E-state index contributed by atoms with van der Waals surface area (Å²) in [7, 11) is 0. The molecule has 1 fully saturated rings. The van der Waals surface area contributed by atoms with Crippen LogP contribution in [0, 0.1) is 0 Å². The molecule has 0 spiro atoms. The number of carbonyl (C=O) groups is 2. The fraction of sp³-hybridized carbons (Fsp3) is 0.300. The molecule has 0 radical (unpaired) electrons. The fourth-order valence-corrected chi connectivity index (χ4v) is 2.76. The zero-order valence-corrected chi connectivity index (χ0v) is 16.1. The Hall–Kier alpha value is -2.24. The molecular formula is C20H20Cl2N2O3. The first-order chi connectivity index (χ1) is 13.0. The maximum atomic E-state index is 12.1. The van der Waals surface area contributed by atoms with E-state index < -0.39 is 0 Å². The molecule has 27 heavy (non-hydrogen) atoms. The molecule has 2 aromatic carbocycles. The number of hydrogen-bond donors (Lipinski definition) is 2. The zero-order chi connectivity index (χ0) is 19.2. The molecule has 1 aliphatic carbocycles. The van der Waals surface area contributed by atoms with Crippen molar-refractivity contribution in [1.29, 1.82) is 0 Å². The summed E-state index contributed by atoms with van der Waals surface area (Å²) in [4.78, 5) is 23.7. The van der Waals surface area contributed by atoms with Gasteiger partial charge in [0, 0.05) is 18.2 Å². The molecule has 1 aliphatic rings. The topological polar surface area (TPSA) is 67.4 Å². The van der Waals surface area contributed by atoms with E-state index in [2.05, 4.69) is 10.6 Å². The van der Waals surface area contributed by atoms with Crippen LogP contribution in [0.3, 0.4) is 0 Å². The molecule has 0 unspecified atom stereocenters. The van der Waals surface area contributed by atoms with Gasteiger partial charge in [0.15, 0.2) is 6.61 Å². The second kappa shape index (κ2) is 9.11. The fourth-order valence-electron chi connectivity index (χ4n) is 2.46. The highest BCUT2D eigenvalue weighted by Gasteiger charge is 2.23. The van der Waals surface area contributed by atoms with Crippen molar-refractivity contribution in [2.24, 2.45) is 0 Å². The van der Waals surface area contributed by atoms with Gasteiger partial charge in [0.2, 0.25) is 0 Å². The minimum Gasteiger partial charge on any atom is -0.484 e. The predicted molar refractivity (Wildman–Crippen MR) is 106 cm³/mol. The monoisotopic (exact) mass is 406 g/mol. The van der Waals surface area contributed by atoms with Gasteiger partial charge >= 0.3 is 0 Å². The number of amides is 2. The standard InChI is InChI=1S/C20H20Cl2N2O3/c21-17-8-3-14(11-18(17)22)20(26)23-10-9-13-1-6-16(7-2-13)27-12-19(25)24-15-4-5-15/h1-3,6-8,11,15H,4-5,9-10,12H2,(H,23,26)(H,24,25). The first-order valence-corrected chi connectivity index (χ1v) is 9.51. The van der Waals surface area contributed by atoms with Gasteiger partial charge in [0.1, 0.15) is 5.75 Å². The van der Waals surface area contributed by atoms with Crippen LogP contribution >= 0.6 is 23.2 Å². The SMILES string of the molecule is O=C(COc1ccc(CCNC(=O)c2ccc(Cl)c(Cl)c2)cc1)NC1CC1. The van der Waals surface area contributed by atoms with Crippen LogP contribution in [0.2, 0.25) is 10.0 Å². The summed E-state index contributed by atoms with van der Waals surface area (Å²) in [6.07, 6.45) is 2.79. The number of ether oxygens (including phenoxy) is 1. The van der Waals surface area contributed by atoms with E-state index >= 15 is 0 Å². The molecule has 0 aromatic heterocycles. The number of carbonyl (C=O) groups excluding carboxylic acids is 2. The Morgan fingerprint density at radius 3 is 2.44 bits per heavy atom. The van der Waals surface area contributed by atoms with Crippen molar-refractivity contribution < 1.29 is 14.3 Å². The van der Waals surface area contributed by atoms with E-state index in [1.54, 1.807) is 18.2 Å². The van der Waals surface area contributed by atoms with Crippen LogP contribution in [0.5, 0.6) is 5.75 Å². The second-order valence-electron chi connectivity index (χ2n) is 6.41. The van der Waals surface area contributed by atoms with Crippen molar-refractivity contribution in [2.45, 2.75) is 25.3 Å². The van der Waals surface area contributed by atoms with Gasteiger partial charge < -0.3 is 15.4 Å². The van der Waals surface area contributed by atoms with Gasteiger partial charge in [0.05, 0.1) is 10.0 Å². The van der Waals surface area contributed by atoms with Gasteiger partial charge in [0.25, 0.3) is 11.8 Å². The molecule has 2 amide bonds. The van der Waals surface area contributed by atoms with E-state index in [0.29, 0.717) is 40.4 Å². The van der Waals surface area contributed by atoms with E-state index in [1.807, 2.05) is 24.3 Å². The predicted octanol–water partition coefficient (Wildman–Crippen LogP) is 3.62. The molecule has 0 aliphatic heterocycles. The third-order valence-corrected chi connectivity index (χ3v) is 4.86. The Morgan fingerprint density at radius 2 is 1.78 bits per heavy atom. The molecule has 2 N–H and O–H groups in total. The van der Waals surface area contributed by atoms with Gasteiger partial charge in [-0.15, -0.1) is 0 Å². The van der Waals surface area contributed by atoms with Crippen molar-refractivity contribution in [3.05, 3.63) is 63.6 Å². The van der Waals surface area contributed by atoms with Crippen molar-refractivity contribution >= 4 is 35.0 Å². The molecular weight excluding hydrogens is 387 g/mol. The highest BCUT2D eigenvalue weighted by molar-refractivity contribution is 6.42. The number of rotatable bonds is 8. The molecule has 7 heteroatoms. The van der Waals surface area contributed by atoms with E-state index in [4.69, 9.17) is 27.9 Å². The van der Waals surface area contributed by atoms with Crippen LogP contribution in [0.1, 0.15) is 28.8 Å². The molecule has 5 nitrogen and oxygen atoms in total. The summed E-state index contributed by atoms with van der Waals surface area (Å²) in [5.74, 6) is 0.353. The average molecular weight is 407 g/mol. The smallest absolute Gasteiger partial charge is 0.258 e. The number of hydrogen-bond acceptors (Lipinski definition) is 3. The van der Waals surface area contributed by atoms with E-state index in [1.165, 1.54) is 0 Å². The maximum Gasteiger partial charge on any atom is 0.258 e. The summed E-state index contributed by atoms with van der Waals surface area (Å²) in [5, 5.41) is 6.49. The van der Waals surface area contributed by atoms with Crippen LogP contribution < -0.4 is 15.4 Å². The number of nitrogens with one attached hydrogen (secondary N) is 2. The Kier molecular flexibility index (Phi) is 6.58. The number of halogens is 2. The zero-order valence-electron chi connectivity index (χ0n) is 14.6. The van der Waals surface area contributed by atoms with Crippen LogP contribution in [0.15, 0.2) is 42.5 Å². The molecule has 2 aromatic rings. The molecule has 0 heterocycles. The van der Waals surface area contributed by atoms with E-state index in [9.17, 15) is 9.59 Å². The lowest BCUT2D eigenvalue weighted by atomic mass is 10.1. The molecule has 3 rings (SSSR count). The second-order valence-corrected chi connectivity index (χ2v) is 7.22. The minimum atomic E-state index is -0.199. The highest BCUT2D eigenvalue weighted by atomic mass is 35.5. The summed E-state index contributed by atoms with van der Waals surface area (Å²) in [6, 6.07) is 12.6. The Bertz CT molecular complexity index is 820. The molecule has 0 atom stereocenters. The van der Waals surface area contributed by atoms with Gasteiger partial charge in [-0.25, -0.2) is 0 Å². The quantitative estimate of drug-likeness (QED) is 0.703. The molecule has 142 valence electrons. The van der Waals surface area contributed by atoms with Crippen LogP contribution in [0.25, 0.3) is 0 Å². The summed E-state index contributed by atoms with van der Waals surface area (Å²) in [6.45, 7) is 0.513. The van der Waals surface area contributed by atoms with Crippen molar-refractivity contribution in [1.82, 2.24) is 10.6 Å². The van der Waals surface area contributed by atoms with Gasteiger partial charge in [-0.05, 0) is 55.2 Å². The normalized spacial score (nSPS) is 13.1. The van der Waals surface area contributed by atoms with E-state index in [0.717, 1.165) is 18.4 Å². The Morgan fingerprint density at radius 1 is 1.04 bits per heavy atom. The van der Waals surface area contributed by atoms with Crippen LogP contribution in [0.4, 0.5) is 0 Å². The third-order valence-electron chi connectivity index (χ3n) is 4.12. The lowest BCUT2D eigenvalue weighted by Gasteiger charge is -2.09. The average Bonchev–Trinajstić information content (AvgIpc) is 3.47. The Balaban J connectivity index is 1.40. The lowest BCUT2D eigenvalue weighted by Crippen LogP contribution is -2.30. The first kappa shape index (κ1) is 19.5. The summed E-state index contributed by atoms with van der Waals surface area (Å²) < 4.78 is 5.47. The molecule has 0 saturated heterocycles. The van der Waals surface area contributed by atoms with Gasteiger partial charge in [-0.2, -0.15) is 0 Å². The van der Waals surface area contributed by atoms with Crippen molar-refractivity contribution in [3.8, 4) is 5.75 Å². The molecule has 1 saturated carbocycles. The summed E-state index contributed by atoms with van der Waals surface area (Å²) >= 11 is 11.8. The highest BCUT2D eigenvalue weighted by Crippen LogP contribution is 2.22. The van der Waals surface area contributed by atoms with E-state index in [-0.39, 0.29) is 18.4 Å². The van der Waals surface area contributed by atoms with Crippen molar-refractivity contribution in [2.75, 3.05) is 13.2 Å². The largest absolute Gasteiger partial charge is 0.484 e. The lowest BCUT2D eigenvalue weighted by molar-refractivity contribution is -0.123. The maximum absolute atomic E-state index is 12.1. The first-order valence-electron chi connectivity index (χ1n) is 8.75. The van der Waals surface area contributed by atoms with Crippen LogP contribution in [-0.2, 0) is 11.2 Å². The van der Waals surface area contributed by atoms with Gasteiger partial charge in [-0.3, -0.25) is 9.59 Å². The molecule has 0 bridgehead atoms. The summed E-state index contributed by atoms with van der Waals surface area (Å²) in [5.41, 5.74) is 1.52. The van der Waals surface area contributed by atoms with Crippen molar-refractivity contribution in [3.63, 3.8) is 0 Å². The number of benzene rings is 2. The van der Waals surface area contributed by atoms with Gasteiger partial charge in [-0.1, -0.05) is 35.3 Å². The minimum absolute atomic E-state index is 0.0234. The Labute approximate surface area is 168 Å². The third kappa shape index (κ3) is 6.15.